The van der Waals surface area contributed by atoms with Gasteiger partial charge >= 0.3 is 0 Å². The molecule has 7 heteroatoms. The van der Waals surface area contributed by atoms with E-state index in [9.17, 15) is 14.9 Å². The molecule has 104 valence electrons. The van der Waals surface area contributed by atoms with Gasteiger partial charge in [-0.05, 0) is 24.6 Å². The van der Waals surface area contributed by atoms with Crippen molar-refractivity contribution in [3.05, 3.63) is 33.9 Å². The van der Waals surface area contributed by atoms with Crippen LogP contribution in [0.15, 0.2) is 18.2 Å². The van der Waals surface area contributed by atoms with E-state index >= 15 is 0 Å². The summed E-state index contributed by atoms with van der Waals surface area (Å²) in [5.41, 5.74) is 0.773. The number of benzene rings is 1. The zero-order chi connectivity index (χ0) is 14.4. The van der Waals surface area contributed by atoms with E-state index in [4.69, 9.17) is 9.47 Å². The van der Waals surface area contributed by atoms with Gasteiger partial charge in [-0.3, -0.25) is 14.9 Å². The first-order valence-electron chi connectivity index (χ1n) is 5.61. The van der Waals surface area contributed by atoms with Crippen LogP contribution in [0.2, 0.25) is 0 Å². The van der Waals surface area contributed by atoms with Crippen molar-refractivity contribution in [2.45, 2.75) is 13.0 Å². The Balaban J connectivity index is 2.79. The summed E-state index contributed by atoms with van der Waals surface area (Å²) in [6.45, 7) is 0.997. The quantitative estimate of drug-likeness (QED) is 0.617. The zero-order valence-electron chi connectivity index (χ0n) is 11.0. The van der Waals surface area contributed by atoms with Gasteiger partial charge in [-0.25, -0.2) is 0 Å². The van der Waals surface area contributed by atoms with E-state index in [0.717, 1.165) is 5.56 Å². The normalized spacial score (nSPS) is 11.5. The molecule has 0 aromatic heterocycles. The number of amides is 1. The molecule has 0 radical (unpaired) electrons. The van der Waals surface area contributed by atoms with E-state index in [1.54, 1.807) is 25.1 Å². The number of methoxy groups -OCH3 is 2. The number of hydrogen-bond acceptors (Lipinski definition) is 5. The summed E-state index contributed by atoms with van der Waals surface area (Å²) in [5.74, 6) is 0.484. The molecule has 0 aliphatic heterocycles. The van der Waals surface area contributed by atoms with Crippen LogP contribution in [0.1, 0.15) is 18.5 Å². The summed E-state index contributed by atoms with van der Waals surface area (Å²) in [7, 11) is 3.04. The third kappa shape index (κ3) is 4.13. The van der Waals surface area contributed by atoms with Crippen LogP contribution >= 0.6 is 0 Å². The van der Waals surface area contributed by atoms with E-state index in [1.807, 2.05) is 0 Å². The molecule has 0 heterocycles. The van der Waals surface area contributed by atoms with Crippen LogP contribution in [-0.4, -0.2) is 31.6 Å². The van der Waals surface area contributed by atoms with Gasteiger partial charge in [0.25, 0.3) is 12.5 Å². The maximum absolute atomic E-state index is 11.3. The Labute approximate surface area is 110 Å². The fourth-order valence-corrected chi connectivity index (χ4v) is 1.61. The number of nitrogens with zero attached hydrogens (tertiary/aromatic N) is 1. The number of nitrogens with one attached hydrogen (secondary N) is 1. The average Bonchev–Trinajstić information content (AvgIpc) is 2.36. The number of nitro groups is 1. The summed E-state index contributed by atoms with van der Waals surface area (Å²) < 4.78 is 10.3. The van der Waals surface area contributed by atoms with Crippen molar-refractivity contribution in [3.8, 4) is 11.5 Å². The Hall–Kier alpha value is -2.31. The molecule has 0 bridgehead atoms. The van der Waals surface area contributed by atoms with Crippen molar-refractivity contribution in [1.29, 1.82) is 0 Å². The van der Waals surface area contributed by atoms with Crippen LogP contribution in [0.4, 0.5) is 0 Å². The number of ether oxygens (including phenoxy) is 2. The molecule has 0 aliphatic rings. The number of hydrogen-bond donors (Lipinski definition) is 1. The van der Waals surface area contributed by atoms with Gasteiger partial charge in [0.2, 0.25) is 0 Å². The minimum absolute atomic E-state index is 0.354. The number of rotatable bonds is 6. The summed E-state index contributed by atoms with van der Waals surface area (Å²) in [6, 6.07) is 4.84. The molecule has 0 saturated heterocycles. The maximum atomic E-state index is 11.3. The lowest BCUT2D eigenvalue weighted by Gasteiger charge is -2.15. The molecule has 1 atom stereocenters. The predicted molar refractivity (Wildman–Crippen MR) is 68.0 cm³/mol. The fourth-order valence-electron chi connectivity index (χ4n) is 1.61. The average molecular weight is 268 g/mol. The molecule has 1 N–H and O–H groups in total. The molecular weight excluding hydrogens is 252 g/mol. The lowest BCUT2D eigenvalue weighted by molar-refractivity contribution is -0.467. The maximum Gasteiger partial charge on any atom is 0.292 e. The Kier molecular flexibility index (Phi) is 5.11. The lowest BCUT2D eigenvalue weighted by Crippen LogP contribution is -2.32. The molecule has 0 saturated carbocycles. The van der Waals surface area contributed by atoms with Crippen molar-refractivity contribution in [2.24, 2.45) is 0 Å². The minimum atomic E-state index is -0.738. The molecule has 1 amide bonds. The number of carbonyl (C=O) groups is 1. The molecule has 0 spiro atoms. The zero-order valence-corrected chi connectivity index (χ0v) is 11.0. The van der Waals surface area contributed by atoms with Crippen LogP contribution in [0.3, 0.4) is 0 Å². The van der Waals surface area contributed by atoms with E-state index in [0.29, 0.717) is 11.5 Å². The topological polar surface area (TPSA) is 90.7 Å². The second kappa shape index (κ2) is 6.58. The van der Waals surface area contributed by atoms with Crippen molar-refractivity contribution >= 4 is 5.91 Å². The van der Waals surface area contributed by atoms with Crippen molar-refractivity contribution in [1.82, 2.24) is 5.32 Å². The van der Waals surface area contributed by atoms with E-state index in [2.05, 4.69) is 5.32 Å². The minimum Gasteiger partial charge on any atom is -0.493 e. The third-order valence-corrected chi connectivity index (χ3v) is 2.56. The molecule has 1 rings (SSSR count). The van der Waals surface area contributed by atoms with Crippen LogP contribution in [-0.2, 0) is 4.79 Å². The smallest absolute Gasteiger partial charge is 0.292 e. The molecular formula is C12H16N2O5. The Morgan fingerprint density at radius 3 is 2.53 bits per heavy atom. The van der Waals surface area contributed by atoms with Crippen LogP contribution in [0.5, 0.6) is 11.5 Å². The molecule has 19 heavy (non-hydrogen) atoms. The van der Waals surface area contributed by atoms with Gasteiger partial charge in [0.15, 0.2) is 11.5 Å². The van der Waals surface area contributed by atoms with Gasteiger partial charge in [-0.2, -0.15) is 0 Å². The highest BCUT2D eigenvalue weighted by molar-refractivity contribution is 5.77. The highest BCUT2D eigenvalue weighted by Gasteiger charge is 2.15. The van der Waals surface area contributed by atoms with Crippen molar-refractivity contribution in [2.75, 3.05) is 20.8 Å². The molecule has 1 aromatic rings. The molecule has 1 aromatic carbocycles. The second-order valence-electron chi connectivity index (χ2n) is 3.89. The molecule has 7 nitrogen and oxygen atoms in total. The molecule has 0 fully saturated rings. The van der Waals surface area contributed by atoms with Crippen molar-refractivity contribution < 1.29 is 19.2 Å². The first kappa shape index (κ1) is 14.7. The Bertz CT molecular complexity index is 475. The highest BCUT2D eigenvalue weighted by atomic mass is 16.6. The van der Waals surface area contributed by atoms with Gasteiger partial charge in [0.1, 0.15) is 0 Å². The Morgan fingerprint density at radius 2 is 2.00 bits per heavy atom. The van der Waals surface area contributed by atoms with E-state index in [1.165, 1.54) is 14.2 Å². The van der Waals surface area contributed by atoms with Gasteiger partial charge in [-0.15, -0.1) is 0 Å². The van der Waals surface area contributed by atoms with E-state index in [-0.39, 0.29) is 6.04 Å². The monoisotopic (exact) mass is 268 g/mol. The van der Waals surface area contributed by atoms with Gasteiger partial charge in [0.05, 0.1) is 20.3 Å². The van der Waals surface area contributed by atoms with Crippen LogP contribution in [0.25, 0.3) is 0 Å². The predicted octanol–water partition coefficient (Wildman–Crippen LogP) is 1.16. The fraction of sp³-hybridized carbons (Fsp3) is 0.417. The van der Waals surface area contributed by atoms with Crippen LogP contribution in [0, 0.1) is 10.1 Å². The largest absolute Gasteiger partial charge is 0.493 e. The second-order valence-corrected chi connectivity index (χ2v) is 3.89. The van der Waals surface area contributed by atoms with Gasteiger partial charge in [-0.1, -0.05) is 6.07 Å². The Morgan fingerprint density at radius 1 is 1.37 bits per heavy atom. The first-order chi connectivity index (χ1) is 8.97. The molecule has 0 aliphatic carbocycles. The van der Waals surface area contributed by atoms with Crippen LogP contribution < -0.4 is 14.8 Å². The summed E-state index contributed by atoms with van der Waals surface area (Å²) in [5, 5.41) is 12.8. The SMILES string of the molecule is COc1ccc(C(C)NC(=O)C[N+](=O)[O-])cc1OC. The highest BCUT2D eigenvalue weighted by Crippen LogP contribution is 2.29. The van der Waals surface area contributed by atoms with Gasteiger partial charge < -0.3 is 14.8 Å². The lowest BCUT2D eigenvalue weighted by atomic mass is 10.1. The summed E-state index contributed by atoms with van der Waals surface area (Å²) in [6.07, 6.45) is 0. The summed E-state index contributed by atoms with van der Waals surface area (Å²) >= 11 is 0. The van der Waals surface area contributed by atoms with E-state index < -0.39 is 17.4 Å². The van der Waals surface area contributed by atoms with Gasteiger partial charge in [0, 0.05) is 4.92 Å². The third-order valence-electron chi connectivity index (χ3n) is 2.56. The molecule has 1 unspecified atom stereocenters. The summed E-state index contributed by atoms with van der Waals surface area (Å²) in [4.78, 5) is 20.9. The number of carbonyl (C=O) groups excluding carboxylic acids is 1. The standard InChI is InChI=1S/C12H16N2O5/c1-8(13-12(15)7-14(16)17)9-4-5-10(18-2)11(6-9)19-3/h4-6,8H,7H2,1-3H3,(H,13,15). The first-order valence-corrected chi connectivity index (χ1v) is 5.61. The van der Waals surface area contributed by atoms with Crippen molar-refractivity contribution in [3.63, 3.8) is 0 Å².